The summed E-state index contributed by atoms with van der Waals surface area (Å²) in [5, 5.41) is 0.777. The van der Waals surface area contributed by atoms with Gasteiger partial charge >= 0.3 is 0 Å². The largest absolute Gasteiger partial charge is 0.0843 e. The summed E-state index contributed by atoms with van der Waals surface area (Å²) in [4.78, 5) is 0. The minimum atomic E-state index is 0.224. The average molecular weight is 475 g/mol. The number of hydrogen-bond donors (Lipinski definition) is 0. The summed E-state index contributed by atoms with van der Waals surface area (Å²) < 4.78 is 0. The Morgan fingerprint density at radius 2 is 1.40 bits per heavy atom. The maximum atomic E-state index is 6.28. The Kier molecular flexibility index (Phi) is 4.97. The Bertz CT molecular complexity index is 1430. The van der Waals surface area contributed by atoms with Crippen LogP contribution in [0.1, 0.15) is 50.2 Å². The number of hydrogen-bond acceptors (Lipinski definition) is 0. The van der Waals surface area contributed by atoms with E-state index in [9.17, 15) is 0 Å². The van der Waals surface area contributed by atoms with Gasteiger partial charge in [0.25, 0.3) is 0 Å². The topological polar surface area (TPSA) is 0 Å². The molecular formula is C34H31Cl. The highest BCUT2D eigenvalue weighted by Gasteiger charge is 2.56. The van der Waals surface area contributed by atoms with Gasteiger partial charge in [-0.25, -0.2) is 0 Å². The Balaban J connectivity index is 1.35. The first-order chi connectivity index (χ1) is 17.2. The SMILES string of the molecule is CCC1CC2CC(C1)C1(C2)c2ccccc2-c2cc(-c3cccc(-c4cccc(Cl)c4)c3)ccc21. The van der Waals surface area contributed by atoms with Crippen molar-refractivity contribution < 1.29 is 0 Å². The molecule has 0 amide bonds. The van der Waals surface area contributed by atoms with Crippen LogP contribution >= 0.6 is 11.6 Å². The molecule has 4 unspecified atom stereocenters. The maximum absolute atomic E-state index is 6.28. The standard InChI is InChI=1S/C34H31Cl/c1-2-22-15-23-17-28(16-22)34(21-23)32-12-4-3-11-30(32)31-20-27(13-14-33(31)34)25-8-5-7-24(18-25)26-9-6-10-29(35)19-26/h3-14,18-20,22-23,28H,2,15-17,21H2,1H3. The van der Waals surface area contributed by atoms with Crippen molar-refractivity contribution in [3.63, 3.8) is 0 Å². The van der Waals surface area contributed by atoms with Crippen molar-refractivity contribution in [1.82, 2.24) is 0 Å². The fraction of sp³-hybridized carbons (Fsp3) is 0.294. The molecule has 4 aromatic rings. The van der Waals surface area contributed by atoms with Crippen molar-refractivity contribution in [3.8, 4) is 33.4 Å². The molecule has 2 saturated carbocycles. The zero-order chi connectivity index (χ0) is 23.6. The highest BCUT2D eigenvalue weighted by atomic mass is 35.5. The van der Waals surface area contributed by atoms with E-state index in [-0.39, 0.29) is 5.41 Å². The Morgan fingerprint density at radius 3 is 2.20 bits per heavy atom. The van der Waals surface area contributed by atoms with Crippen LogP contribution in [0.15, 0.2) is 91.0 Å². The van der Waals surface area contributed by atoms with E-state index in [1.165, 1.54) is 59.9 Å². The van der Waals surface area contributed by atoms with Crippen molar-refractivity contribution in [2.24, 2.45) is 17.8 Å². The molecule has 0 saturated heterocycles. The lowest BCUT2D eigenvalue weighted by Gasteiger charge is -2.36. The molecule has 174 valence electrons. The van der Waals surface area contributed by atoms with Crippen molar-refractivity contribution in [2.45, 2.75) is 44.4 Å². The van der Waals surface area contributed by atoms with E-state index < -0.39 is 0 Å². The van der Waals surface area contributed by atoms with Crippen LogP contribution in [-0.2, 0) is 5.41 Å². The van der Waals surface area contributed by atoms with Crippen molar-refractivity contribution >= 4 is 11.6 Å². The number of benzene rings is 4. The van der Waals surface area contributed by atoms with E-state index in [0.717, 1.165) is 28.3 Å². The minimum absolute atomic E-state index is 0.224. The van der Waals surface area contributed by atoms with E-state index in [4.69, 9.17) is 11.6 Å². The number of fused-ring (bicyclic) bond motifs is 8. The van der Waals surface area contributed by atoms with Crippen molar-refractivity contribution in [1.29, 1.82) is 0 Å². The monoisotopic (exact) mass is 474 g/mol. The molecule has 1 heteroatoms. The molecule has 0 nitrogen and oxygen atoms in total. The summed E-state index contributed by atoms with van der Waals surface area (Å²) in [6.07, 6.45) is 6.90. The summed E-state index contributed by atoms with van der Waals surface area (Å²) in [5.74, 6) is 2.57. The van der Waals surface area contributed by atoms with Gasteiger partial charge in [0.05, 0.1) is 0 Å². The zero-order valence-electron chi connectivity index (χ0n) is 20.3. The van der Waals surface area contributed by atoms with Gasteiger partial charge in [-0.3, -0.25) is 0 Å². The Labute approximate surface area is 214 Å². The highest BCUT2D eigenvalue weighted by Crippen LogP contribution is 2.65. The molecule has 3 aliphatic rings. The van der Waals surface area contributed by atoms with Crippen LogP contribution in [0.3, 0.4) is 0 Å². The predicted octanol–water partition coefficient (Wildman–Crippen LogP) is 9.79. The summed E-state index contributed by atoms with van der Waals surface area (Å²) in [6, 6.07) is 33.7. The van der Waals surface area contributed by atoms with E-state index in [0.29, 0.717) is 0 Å². The van der Waals surface area contributed by atoms with Crippen LogP contribution in [0.25, 0.3) is 33.4 Å². The molecule has 2 fully saturated rings. The molecule has 0 N–H and O–H groups in total. The first kappa shape index (κ1) is 21.5. The number of halogens is 1. The molecule has 4 aromatic carbocycles. The van der Waals surface area contributed by atoms with E-state index in [1.54, 1.807) is 11.1 Å². The van der Waals surface area contributed by atoms with Gasteiger partial charge in [0.2, 0.25) is 0 Å². The third kappa shape index (κ3) is 3.26. The normalized spacial score (nSPS) is 26.1. The predicted molar refractivity (Wildman–Crippen MR) is 148 cm³/mol. The van der Waals surface area contributed by atoms with Crippen LogP contribution in [0.5, 0.6) is 0 Å². The summed E-state index contributed by atoms with van der Waals surface area (Å²) in [7, 11) is 0. The lowest BCUT2D eigenvalue weighted by Crippen LogP contribution is -2.30. The fourth-order valence-corrected chi connectivity index (χ4v) is 8.07. The molecule has 7 rings (SSSR count). The van der Waals surface area contributed by atoms with Crippen molar-refractivity contribution in [2.75, 3.05) is 0 Å². The lowest BCUT2D eigenvalue weighted by molar-refractivity contribution is 0.237. The van der Waals surface area contributed by atoms with Crippen LogP contribution in [0, 0.1) is 17.8 Å². The quantitative estimate of drug-likeness (QED) is 0.277. The summed E-state index contributed by atoms with van der Waals surface area (Å²) in [5.41, 5.74) is 11.3. The van der Waals surface area contributed by atoms with Crippen LogP contribution in [-0.4, -0.2) is 0 Å². The van der Waals surface area contributed by atoms with Gasteiger partial charge in [-0.05, 0) is 112 Å². The second-order valence-electron chi connectivity index (χ2n) is 11.1. The maximum Gasteiger partial charge on any atom is 0.0412 e. The zero-order valence-corrected chi connectivity index (χ0v) is 21.1. The van der Waals surface area contributed by atoms with Gasteiger partial charge in [0.1, 0.15) is 0 Å². The minimum Gasteiger partial charge on any atom is -0.0843 e. The molecule has 0 aliphatic heterocycles. The van der Waals surface area contributed by atoms with Crippen LogP contribution < -0.4 is 0 Å². The first-order valence-electron chi connectivity index (χ1n) is 13.3. The second-order valence-corrected chi connectivity index (χ2v) is 11.6. The average Bonchev–Trinajstić information content (AvgIpc) is 3.34. The second kappa shape index (κ2) is 8.10. The third-order valence-electron chi connectivity index (χ3n) is 9.34. The molecule has 0 heterocycles. The molecule has 1 spiro atoms. The number of rotatable bonds is 3. The van der Waals surface area contributed by atoms with E-state index >= 15 is 0 Å². The molecule has 2 bridgehead atoms. The summed E-state index contributed by atoms with van der Waals surface area (Å²) in [6.45, 7) is 2.39. The smallest absolute Gasteiger partial charge is 0.0412 e. The molecule has 0 radical (unpaired) electrons. The molecule has 4 atom stereocenters. The van der Waals surface area contributed by atoms with Gasteiger partial charge in [0, 0.05) is 10.4 Å². The molecule has 35 heavy (non-hydrogen) atoms. The Hall–Kier alpha value is -2.83. The van der Waals surface area contributed by atoms with E-state index in [1.807, 2.05) is 18.2 Å². The summed E-state index contributed by atoms with van der Waals surface area (Å²) >= 11 is 6.28. The highest BCUT2D eigenvalue weighted by molar-refractivity contribution is 6.30. The molecular weight excluding hydrogens is 444 g/mol. The molecule has 3 aliphatic carbocycles. The van der Waals surface area contributed by atoms with Crippen LogP contribution in [0.2, 0.25) is 5.02 Å². The van der Waals surface area contributed by atoms with Gasteiger partial charge in [-0.2, -0.15) is 0 Å². The van der Waals surface area contributed by atoms with Gasteiger partial charge in [-0.1, -0.05) is 91.7 Å². The fourth-order valence-electron chi connectivity index (χ4n) is 7.88. The van der Waals surface area contributed by atoms with Gasteiger partial charge in [0.15, 0.2) is 0 Å². The lowest BCUT2D eigenvalue weighted by atomic mass is 9.67. The van der Waals surface area contributed by atoms with Crippen LogP contribution in [0.4, 0.5) is 0 Å². The van der Waals surface area contributed by atoms with E-state index in [2.05, 4.69) is 79.7 Å². The van der Waals surface area contributed by atoms with Crippen molar-refractivity contribution in [3.05, 3.63) is 107 Å². The van der Waals surface area contributed by atoms with Gasteiger partial charge in [-0.15, -0.1) is 0 Å². The third-order valence-corrected chi connectivity index (χ3v) is 9.57. The molecule has 0 aromatic heterocycles. The first-order valence-corrected chi connectivity index (χ1v) is 13.6. The Morgan fingerprint density at radius 1 is 0.686 bits per heavy atom. The van der Waals surface area contributed by atoms with Gasteiger partial charge < -0.3 is 0 Å².